The van der Waals surface area contributed by atoms with Gasteiger partial charge in [0.05, 0.1) is 11.8 Å². The van der Waals surface area contributed by atoms with Gasteiger partial charge < -0.3 is 37.1 Å². The zero-order valence-electron chi connectivity index (χ0n) is 13.2. The van der Waals surface area contributed by atoms with Crippen LogP contribution in [0.4, 0.5) is 11.6 Å². The number of nitrogens with zero attached hydrogens (tertiary/aromatic N) is 4. The normalized spacial score (nSPS) is 30.2. The third-order valence-electron chi connectivity index (χ3n) is 4.03. The largest absolute Gasteiger partial charge is 0.398 e. The average Bonchev–Trinajstić information content (AvgIpc) is 3.11. The SMILES string of the molecule is CSC[C@H]1O[C@@H](N2CN=c3c(N)nc(=C(N)CN)nc32)[C@H](O)[C@@H]1O. The van der Waals surface area contributed by atoms with Crippen molar-refractivity contribution in [2.75, 3.05) is 35.9 Å². The number of hydrogen-bond donors (Lipinski definition) is 5. The maximum Gasteiger partial charge on any atom is 0.176 e. The molecule has 1 aromatic rings. The van der Waals surface area contributed by atoms with Crippen LogP contribution in [-0.2, 0) is 4.74 Å². The van der Waals surface area contributed by atoms with Crippen LogP contribution in [0.5, 0.6) is 0 Å². The Balaban J connectivity index is 1.98. The predicted octanol–water partition coefficient (Wildman–Crippen LogP) is -3.71. The van der Waals surface area contributed by atoms with Gasteiger partial charge in [-0.1, -0.05) is 0 Å². The van der Waals surface area contributed by atoms with Crippen LogP contribution < -0.4 is 32.9 Å². The van der Waals surface area contributed by atoms with Gasteiger partial charge in [-0.3, -0.25) is 4.99 Å². The molecule has 1 saturated heterocycles. The summed E-state index contributed by atoms with van der Waals surface area (Å²) in [5, 5.41) is 20.9. The number of anilines is 2. The van der Waals surface area contributed by atoms with E-state index in [1.165, 1.54) is 11.8 Å². The molecule has 4 atom stereocenters. The molecule has 2 aliphatic rings. The molecular formula is C13H21N7O3S. The number of aromatic nitrogens is 2. The van der Waals surface area contributed by atoms with Gasteiger partial charge in [-0.2, -0.15) is 11.8 Å². The van der Waals surface area contributed by atoms with Gasteiger partial charge in [0.1, 0.15) is 24.2 Å². The quantitative estimate of drug-likeness (QED) is 0.362. The predicted molar refractivity (Wildman–Crippen MR) is 90.3 cm³/mol. The smallest absolute Gasteiger partial charge is 0.176 e. The molecule has 2 aliphatic heterocycles. The molecule has 11 heteroatoms. The first-order chi connectivity index (χ1) is 11.5. The molecule has 0 aliphatic carbocycles. The molecule has 0 saturated carbocycles. The Hall–Kier alpha value is -1.66. The van der Waals surface area contributed by atoms with Crippen molar-refractivity contribution in [1.29, 1.82) is 0 Å². The number of fused-ring (bicyclic) bond motifs is 1. The summed E-state index contributed by atoms with van der Waals surface area (Å²) in [4.78, 5) is 14.4. The number of hydrogen-bond acceptors (Lipinski definition) is 11. The van der Waals surface area contributed by atoms with E-state index < -0.39 is 24.5 Å². The van der Waals surface area contributed by atoms with Crippen molar-refractivity contribution in [2.45, 2.75) is 24.5 Å². The van der Waals surface area contributed by atoms with E-state index in [0.29, 0.717) is 22.6 Å². The van der Waals surface area contributed by atoms with Crippen LogP contribution >= 0.6 is 11.8 Å². The minimum absolute atomic E-state index is 0.0897. The van der Waals surface area contributed by atoms with Crippen LogP contribution in [0.15, 0.2) is 4.99 Å². The summed E-state index contributed by atoms with van der Waals surface area (Å²) < 4.78 is 5.81. The van der Waals surface area contributed by atoms with Crippen molar-refractivity contribution in [3.8, 4) is 0 Å². The second-order valence-corrected chi connectivity index (χ2v) is 6.52. The van der Waals surface area contributed by atoms with Gasteiger partial charge in [0.25, 0.3) is 0 Å². The van der Waals surface area contributed by atoms with E-state index in [1.807, 2.05) is 6.26 Å². The van der Waals surface area contributed by atoms with Crippen LogP contribution in [0.1, 0.15) is 0 Å². The van der Waals surface area contributed by atoms with Crippen molar-refractivity contribution in [3.63, 3.8) is 0 Å². The van der Waals surface area contributed by atoms with Crippen LogP contribution in [0, 0.1) is 0 Å². The van der Waals surface area contributed by atoms with E-state index in [1.54, 1.807) is 4.90 Å². The number of nitrogens with two attached hydrogens (primary N) is 3. The summed E-state index contributed by atoms with van der Waals surface area (Å²) in [5.74, 6) is 1.16. The highest BCUT2D eigenvalue weighted by Gasteiger charge is 2.46. The van der Waals surface area contributed by atoms with Crippen molar-refractivity contribution in [3.05, 3.63) is 10.8 Å². The van der Waals surface area contributed by atoms with Crippen LogP contribution in [0.25, 0.3) is 5.70 Å². The molecule has 0 spiro atoms. The number of aliphatic hydroxyl groups is 2. The molecule has 0 bridgehead atoms. The van der Waals surface area contributed by atoms with Gasteiger partial charge in [-0.15, -0.1) is 0 Å². The number of ether oxygens (including phenoxy) is 1. The first kappa shape index (κ1) is 17.2. The molecule has 3 rings (SSSR count). The number of rotatable bonds is 4. The third-order valence-corrected chi connectivity index (χ3v) is 4.69. The molecule has 132 valence electrons. The van der Waals surface area contributed by atoms with E-state index in [9.17, 15) is 10.2 Å². The molecule has 0 unspecified atom stereocenters. The Morgan fingerprint density at radius 1 is 1.38 bits per heavy atom. The van der Waals surface area contributed by atoms with Crippen LogP contribution in [0.3, 0.4) is 0 Å². The van der Waals surface area contributed by atoms with Gasteiger partial charge >= 0.3 is 0 Å². The lowest BCUT2D eigenvalue weighted by atomic mass is 10.1. The summed E-state index contributed by atoms with van der Waals surface area (Å²) in [6, 6.07) is 0. The fourth-order valence-corrected chi connectivity index (χ4v) is 3.35. The zero-order valence-corrected chi connectivity index (χ0v) is 14.0. The number of aliphatic hydroxyl groups excluding tert-OH is 2. The lowest BCUT2D eigenvalue weighted by Crippen LogP contribution is -2.45. The first-order valence-electron chi connectivity index (χ1n) is 7.41. The molecule has 8 N–H and O–H groups in total. The molecule has 0 amide bonds. The topological polar surface area (TPSA) is 169 Å². The highest BCUT2D eigenvalue weighted by molar-refractivity contribution is 7.98. The van der Waals surface area contributed by atoms with Gasteiger partial charge in [0, 0.05) is 12.3 Å². The summed E-state index contributed by atoms with van der Waals surface area (Å²) in [6.07, 6.45) is -1.40. The third kappa shape index (κ3) is 2.78. The fourth-order valence-electron chi connectivity index (χ4n) is 2.75. The second-order valence-electron chi connectivity index (χ2n) is 5.60. The Labute approximate surface area is 142 Å². The molecule has 3 heterocycles. The van der Waals surface area contributed by atoms with Crippen molar-refractivity contribution in [2.24, 2.45) is 16.5 Å². The Bertz CT molecular complexity index is 746. The number of nitrogen functional groups attached to an aromatic ring is 1. The van der Waals surface area contributed by atoms with E-state index in [-0.39, 0.29) is 24.5 Å². The lowest BCUT2D eigenvalue weighted by molar-refractivity contribution is 0.0164. The van der Waals surface area contributed by atoms with Crippen LogP contribution in [0.2, 0.25) is 0 Å². The molecule has 10 nitrogen and oxygen atoms in total. The Kier molecular flexibility index (Phi) is 4.78. The van der Waals surface area contributed by atoms with Crippen LogP contribution in [-0.4, -0.2) is 69.9 Å². The zero-order chi connectivity index (χ0) is 17.4. The van der Waals surface area contributed by atoms with E-state index in [4.69, 9.17) is 21.9 Å². The summed E-state index contributed by atoms with van der Waals surface area (Å²) in [5.41, 5.74) is 17.8. The van der Waals surface area contributed by atoms with Gasteiger partial charge in [-0.25, -0.2) is 9.97 Å². The standard InChI is InChI=1S/C13H21N7O3S/c1-24-3-6-8(21)9(22)13(23-6)20-4-17-7-10(16)18-11(5(15)2-14)19-12(7)20/h6,8-9,13,21-22H,2-4,14-15H2,1H3,(H2,16,18)/t6-,8-,9-,13-/m1/s1. The lowest BCUT2D eigenvalue weighted by Gasteiger charge is -2.26. The van der Waals surface area contributed by atoms with E-state index in [0.717, 1.165) is 0 Å². The first-order valence-corrected chi connectivity index (χ1v) is 8.81. The van der Waals surface area contributed by atoms with Gasteiger partial charge in [-0.05, 0) is 6.26 Å². The van der Waals surface area contributed by atoms with Gasteiger partial charge in [0.2, 0.25) is 0 Å². The Morgan fingerprint density at radius 3 is 2.79 bits per heavy atom. The summed E-state index contributed by atoms with van der Waals surface area (Å²) in [6.45, 7) is 0.285. The minimum Gasteiger partial charge on any atom is -0.398 e. The second kappa shape index (κ2) is 6.69. The molecule has 1 aromatic heterocycles. The average molecular weight is 355 g/mol. The highest BCUT2D eigenvalue weighted by atomic mass is 32.2. The maximum absolute atomic E-state index is 10.3. The maximum atomic E-state index is 10.3. The van der Waals surface area contributed by atoms with E-state index in [2.05, 4.69) is 15.0 Å². The molecule has 0 radical (unpaired) electrons. The van der Waals surface area contributed by atoms with E-state index >= 15 is 0 Å². The van der Waals surface area contributed by atoms with Crippen molar-refractivity contribution >= 4 is 29.1 Å². The highest BCUT2D eigenvalue weighted by Crippen LogP contribution is 2.28. The fraction of sp³-hybridized carbons (Fsp3) is 0.615. The molecule has 24 heavy (non-hydrogen) atoms. The molecular weight excluding hydrogens is 334 g/mol. The monoisotopic (exact) mass is 355 g/mol. The van der Waals surface area contributed by atoms with Crippen molar-refractivity contribution in [1.82, 2.24) is 9.97 Å². The number of thioether (sulfide) groups is 1. The minimum atomic E-state index is -1.08. The summed E-state index contributed by atoms with van der Waals surface area (Å²) >= 11 is 1.53. The Morgan fingerprint density at radius 2 is 2.12 bits per heavy atom. The molecule has 1 fully saturated rings. The van der Waals surface area contributed by atoms with Crippen molar-refractivity contribution < 1.29 is 14.9 Å². The summed E-state index contributed by atoms with van der Waals surface area (Å²) in [7, 11) is 0. The molecule has 0 aromatic carbocycles. The van der Waals surface area contributed by atoms with Gasteiger partial charge in [0.15, 0.2) is 23.3 Å².